The smallest absolute Gasteiger partial charge is 0.137 e. The molecular formula is C13H14BrFN2S. The molecule has 0 amide bonds. The maximum atomic E-state index is 13.1. The number of hydrogen-bond acceptors (Lipinski definition) is 3. The zero-order chi connectivity index (χ0) is 13.0. The molecule has 1 heterocycles. The van der Waals surface area contributed by atoms with Gasteiger partial charge in [0, 0.05) is 24.2 Å². The van der Waals surface area contributed by atoms with Crippen LogP contribution in [0.15, 0.2) is 28.9 Å². The number of aromatic nitrogens is 1. The van der Waals surface area contributed by atoms with E-state index in [0.717, 1.165) is 23.5 Å². The van der Waals surface area contributed by atoms with Crippen LogP contribution >= 0.6 is 27.3 Å². The molecular weight excluding hydrogens is 315 g/mol. The Morgan fingerprint density at radius 2 is 2.22 bits per heavy atom. The summed E-state index contributed by atoms with van der Waals surface area (Å²) in [6.45, 7) is 3.58. The molecule has 0 aliphatic heterocycles. The zero-order valence-electron chi connectivity index (χ0n) is 10.0. The second kappa shape index (κ2) is 6.41. The molecule has 0 unspecified atom stereocenters. The number of aryl methyl sites for hydroxylation is 1. The van der Waals surface area contributed by atoms with Crippen molar-refractivity contribution in [3.8, 4) is 0 Å². The van der Waals surface area contributed by atoms with Crippen molar-refractivity contribution < 1.29 is 4.39 Å². The maximum Gasteiger partial charge on any atom is 0.137 e. The molecule has 5 heteroatoms. The molecule has 0 aliphatic carbocycles. The number of rotatable bonds is 5. The summed E-state index contributed by atoms with van der Waals surface area (Å²) in [6, 6.07) is 5.05. The second-order valence-electron chi connectivity index (χ2n) is 3.93. The lowest BCUT2D eigenvalue weighted by Crippen LogP contribution is -2.12. The van der Waals surface area contributed by atoms with Crippen molar-refractivity contribution in [2.45, 2.75) is 26.4 Å². The number of hydrogen-bond donors (Lipinski definition) is 1. The van der Waals surface area contributed by atoms with Gasteiger partial charge in [-0.25, -0.2) is 9.37 Å². The van der Waals surface area contributed by atoms with Crippen LogP contribution in [0.4, 0.5) is 4.39 Å². The predicted molar refractivity (Wildman–Crippen MR) is 76.1 cm³/mol. The molecule has 2 rings (SSSR count). The Balaban J connectivity index is 1.86. The lowest BCUT2D eigenvalue weighted by atomic mass is 10.2. The summed E-state index contributed by atoms with van der Waals surface area (Å²) in [6.07, 6.45) is 2.96. The SMILES string of the molecule is CCc1cnc(CNCc2ccc(F)c(Br)c2)s1. The Morgan fingerprint density at radius 3 is 2.89 bits per heavy atom. The third-order valence-electron chi connectivity index (χ3n) is 2.54. The Bertz CT molecular complexity index is 527. The summed E-state index contributed by atoms with van der Waals surface area (Å²) in [4.78, 5) is 5.64. The molecule has 1 N–H and O–H groups in total. The first-order valence-electron chi connectivity index (χ1n) is 5.77. The van der Waals surface area contributed by atoms with Crippen molar-refractivity contribution in [1.29, 1.82) is 0 Å². The molecule has 2 nitrogen and oxygen atoms in total. The van der Waals surface area contributed by atoms with E-state index >= 15 is 0 Å². The Morgan fingerprint density at radius 1 is 1.39 bits per heavy atom. The number of benzene rings is 1. The third kappa shape index (κ3) is 3.60. The summed E-state index contributed by atoms with van der Waals surface area (Å²) in [5.74, 6) is -0.230. The fraction of sp³-hybridized carbons (Fsp3) is 0.308. The predicted octanol–water partition coefficient (Wildman–Crippen LogP) is 3.90. The second-order valence-corrected chi connectivity index (χ2v) is 5.98. The summed E-state index contributed by atoms with van der Waals surface area (Å²) >= 11 is 4.91. The van der Waals surface area contributed by atoms with E-state index in [-0.39, 0.29) is 5.82 Å². The van der Waals surface area contributed by atoms with Crippen LogP contribution in [0.3, 0.4) is 0 Å². The Kier molecular flexibility index (Phi) is 4.86. The minimum atomic E-state index is -0.230. The van der Waals surface area contributed by atoms with Crippen LogP contribution in [-0.2, 0) is 19.5 Å². The Hall–Kier alpha value is -0.780. The topological polar surface area (TPSA) is 24.9 Å². The van der Waals surface area contributed by atoms with Crippen molar-refractivity contribution in [2.24, 2.45) is 0 Å². The molecule has 2 aromatic rings. The van der Waals surface area contributed by atoms with Gasteiger partial charge in [0.25, 0.3) is 0 Å². The fourth-order valence-corrected chi connectivity index (χ4v) is 2.81. The molecule has 0 aliphatic rings. The third-order valence-corrected chi connectivity index (χ3v) is 4.29. The lowest BCUT2D eigenvalue weighted by molar-refractivity contribution is 0.618. The van der Waals surface area contributed by atoms with E-state index in [2.05, 4.69) is 33.2 Å². The minimum Gasteiger partial charge on any atom is -0.306 e. The van der Waals surface area contributed by atoms with Crippen molar-refractivity contribution in [1.82, 2.24) is 10.3 Å². The standard InChI is InChI=1S/C13H14BrFN2S/c1-2-10-7-17-13(18-10)8-16-6-9-3-4-12(15)11(14)5-9/h3-5,7,16H,2,6,8H2,1H3. The zero-order valence-corrected chi connectivity index (χ0v) is 12.4. The van der Waals surface area contributed by atoms with Crippen LogP contribution in [-0.4, -0.2) is 4.98 Å². The molecule has 0 atom stereocenters. The summed E-state index contributed by atoms with van der Waals surface area (Å²) in [7, 11) is 0. The highest BCUT2D eigenvalue weighted by atomic mass is 79.9. The van der Waals surface area contributed by atoms with Gasteiger partial charge in [0.1, 0.15) is 10.8 Å². The van der Waals surface area contributed by atoms with Crippen LogP contribution in [0.25, 0.3) is 0 Å². The van der Waals surface area contributed by atoms with Gasteiger partial charge in [0.05, 0.1) is 4.47 Å². The normalized spacial score (nSPS) is 10.8. The molecule has 1 aromatic carbocycles. The van der Waals surface area contributed by atoms with Crippen LogP contribution in [0.1, 0.15) is 22.4 Å². The molecule has 0 saturated heterocycles. The quantitative estimate of drug-likeness (QED) is 0.900. The highest BCUT2D eigenvalue weighted by molar-refractivity contribution is 9.10. The van der Waals surface area contributed by atoms with E-state index in [1.807, 2.05) is 6.20 Å². The number of nitrogens with zero attached hydrogens (tertiary/aromatic N) is 1. The van der Waals surface area contributed by atoms with Crippen molar-refractivity contribution in [2.75, 3.05) is 0 Å². The van der Waals surface area contributed by atoms with Gasteiger partial charge >= 0.3 is 0 Å². The molecule has 1 aromatic heterocycles. The molecule has 18 heavy (non-hydrogen) atoms. The first kappa shape index (κ1) is 13.6. The first-order valence-corrected chi connectivity index (χ1v) is 7.38. The van der Waals surface area contributed by atoms with Gasteiger partial charge < -0.3 is 5.32 Å². The van der Waals surface area contributed by atoms with Crippen LogP contribution in [0, 0.1) is 5.82 Å². The van der Waals surface area contributed by atoms with Crippen LogP contribution in [0.5, 0.6) is 0 Å². The lowest BCUT2D eigenvalue weighted by Gasteiger charge is -2.04. The molecule has 0 bridgehead atoms. The van der Waals surface area contributed by atoms with Gasteiger partial charge in [0.2, 0.25) is 0 Å². The average molecular weight is 329 g/mol. The van der Waals surface area contributed by atoms with Crippen LogP contribution < -0.4 is 5.32 Å². The van der Waals surface area contributed by atoms with Crippen molar-refractivity contribution >= 4 is 27.3 Å². The van der Waals surface area contributed by atoms with E-state index in [0.29, 0.717) is 11.0 Å². The van der Waals surface area contributed by atoms with E-state index < -0.39 is 0 Å². The van der Waals surface area contributed by atoms with E-state index in [1.54, 1.807) is 23.5 Å². The highest BCUT2D eigenvalue weighted by Gasteiger charge is 2.02. The molecule has 0 radical (unpaired) electrons. The number of halogens is 2. The summed E-state index contributed by atoms with van der Waals surface area (Å²) in [5, 5.41) is 4.40. The van der Waals surface area contributed by atoms with E-state index in [4.69, 9.17) is 0 Å². The number of nitrogens with one attached hydrogen (secondary N) is 1. The molecule has 0 spiro atoms. The molecule has 0 saturated carbocycles. The van der Waals surface area contributed by atoms with Crippen molar-refractivity contribution in [3.63, 3.8) is 0 Å². The summed E-state index contributed by atoms with van der Waals surface area (Å²) in [5.41, 5.74) is 1.05. The Labute approximate surface area is 118 Å². The van der Waals surface area contributed by atoms with Gasteiger partial charge in [-0.3, -0.25) is 0 Å². The largest absolute Gasteiger partial charge is 0.306 e. The monoisotopic (exact) mass is 328 g/mol. The van der Waals surface area contributed by atoms with Gasteiger partial charge in [0.15, 0.2) is 0 Å². The van der Waals surface area contributed by atoms with Crippen LogP contribution in [0.2, 0.25) is 0 Å². The van der Waals surface area contributed by atoms with Gasteiger partial charge in [-0.1, -0.05) is 13.0 Å². The highest BCUT2D eigenvalue weighted by Crippen LogP contribution is 2.17. The fourth-order valence-electron chi connectivity index (χ4n) is 1.56. The van der Waals surface area contributed by atoms with Gasteiger partial charge in [-0.2, -0.15) is 0 Å². The van der Waals surface area contributed by atoms with E-state index in [1.165, 1.54) is 10.9 Å². The average Bonchev–Trinajstić information content (AvgIpc) is 2.82. The van der Waals surface area contributed by atoms with Gasteiger partial charge in [-0.15, -0.1) is 11.3 Å². The molecule has 0 fully saturated rings. The van der Waals surface area contributed by atoms with Gasteiger partial charge in [-0.05, 0) is 40.0 Å². The van der Waals surface area contributed by atoms with Crippen molar-refractivity contribution in [3.05, 3.63) is 50.1 Å². The summed E-state index contributed by atoms with van der Waals surface area (Å²) < 4.78 is 13.6. The number of thiazole rings is 1. The maximum absolute atomic E-state index is 13.1. The molecule has 96 valence electrons. The first-order chi connectivity index (χ1) is 8.69. The minimum absolute atomic E-state index is 0.230. The van der Waals surface area contributed by atoms with E-state index in [9.17, 15) is 4.39 Å².